The zero-order valence-corrected chi connectivity index (χ0v) is 12.7. The number of rotatable bonds is 7. The van der Waals surface area contributed by atoms with E-state index in [0.29, 0.717) is 6.61 Å². The number of nitrogens with two attached hydrogens (primary N) is 1. The van der Waals surface area contributed by atoms with Gasteiger partial charge in [-0.2, -0.15) is 17.5 Å². The molecular formula is C13H15F3N2O4S. The van der Waals surface area contributed by atoms with E-state index < -0.39 is 40.0 Å². The van der Waals surface area contributed by atoms with E-state index in [9.17, 15) is 26.4 Å². The first-order valence-electron chi connectivity index (χ1n) is 6.62. The largest absolute Gasteiger partial charge is 0.416 e. The van der Waals surface area contributed by atoms with E-state index in [1.54, 1.807) is 0 Å². The van der Waals surface area contributed by atoms with Gasteiger partial charge in [-0.15, -0.1) is 0 Å². The standard InChI is InChI=1S/C13H15F3N2O4S/c14-13(15,16)10-3-1-2-9(4-10)8-23(20,21)18(6-12(17)19)5-11-7-22-11/h1-4,11H,5-8H2,(H2,17,19). The van der Waals surface area contributed by atoms with Gasteiger partial charge in [-0.1, -0.05) is 18.2 Å². The van der Waals surface area contributed by atoms with Crippen molar-refractivity contribution in [3.8, 4) is 0 Å². The number of hydrogen-bond acceptors (Lipinski definition) is 4. The number of epoxide rings is 1. The zero-order chi connectivity index (χ0) is 17.3. The Kier molecular flexibility index (Phi) is 4.97. The average Bonchev–Trinajstić information content (AvgIpc) is 3.20. The maximum absolute atomic E-state index is 12.7. The van der Waals surface area contributed by atoms with Gasteiger partial charge in [0.2, 0.25) is 15.9 Å². The van der Waals surface area contributed by atoms with Crippen molar-refractivity contribution in [1.29, 1.82) is 0 Å². The first-order valence-corrected chi connectivity index (χ1v) is 8.23. The number of carbonyl (C=O) groups is 1. The fourth-order valence-corrected chi connectivity index (χ4v) is 3.49. The number of ether oxygens (including phenoxy) is 1. The summed E-state index contributed by atoms with van der Waals surface area (Å²) in [6.45, 7) is -0.222. The fourth-order valence-electron chi connectivity index (χ4n) is 1.99. The second-order valence-corrected chi connectivity index (χ2v) is 7.14. The molecule has 6 nitrogen and oxygen atoms in total. The van der Waals surface area contributed by atoms with Gasteiger partial charge in [0.1, 0.15) is 0 Å². The summed E-state index contributed by atoms with van der Waals surface area (Å²) in [5.74, 6) is -1.50. The zero-order valence-electron chi connectivity index (χ0n) is 11.9. The lowest BCUT2D eigenvalue weighted by molar-refractivity contribution is -0.137. The summed E-state index contributed by atoms with van der Waals surface area (Å²) in [6.07, 6.45) is -4.88. The molecule has 1 atom stereocenters. The number of amides is 1. The second kappa shape index (κ2) is 6.46. The Morgan fingerprint density at radius 1 is 1.39 bits per heavy atom. The van der Waals surface area contributed by atoms with E-state index in [1.807, 2.05) is 0 Å². The molecule has 128 valence electrons. The molecule has 23 heavy (non-hydrogen) atoms. The number of carbonyl (C=O) groups excluding carboxylic acids is 1. The van der Waals surface area contributed by atoms with Gasteiger partial charge in [-0.3, -0.25) is 4.79 Å². The van der Waals surface area contributed by atoms with E-state index in [1.165, 1.54) is 6.07 Å². The highest BCUT2D eigenvalue weighted by Gasteiger charge is 2.34. The number of nitrogens with zero attached hydrogens (tertiary/aromatic N) is 1. The van der Waals surface area contributed by atoms with Crippen LogP contribution in [0.3, 0.4) is 0 Å². The van der Waals surface area contributed by atoms with Crippen LogP contribution < -0.4 is 5.73 Å². The number of benzene rings is 1. The van der Waals surface area contributed by atoms with Crippen LogP contribution in [-0.4, -0.2) is 44.4 Å². The molecule has 1 aliphatic rings. The summed E-state index contributed by atoms with van der Waals surface area (Å²) in [4.78, 5) is 11.0. The first kappa shape index (κ1) is 17.7. The van der Waals surface area contributed by atoms with Crippen molar-refractivity contribution in [3.63, 3.8) is 0 Å². The van der Waals surface area contributed by atoms with Crippen molar-refractivity contribution >= 4 is 15.9 Å². The average molecular weight is 352 g/mol. The molecule has 1 aromatic rings. The normalized spacial score (nSPS) is 18.2. The van der Waals surface area contributed by atoms with E-state index in [4.69, 9.17) is 10.5 Å². The van der Waals surface area contributed by atoms with Crippen LogP contribution >= 0.6 is 0 Å². The van der Waals surface area contributed by atoms with Crippen LogP contribution in [0.15, 0.2) is 24.3 Å². The molecule has 1 saturated heterocycles. The summed E-state index contributed by atoms with van der Waals surface area (Å²) >= 11 is 0. The Bertz CT molecular complexity index is 687. The van der Waals surface area contributed by atoms with Crippen molar-refractivity contribution in [2.45, 2.75) is 18.0 Å². The number of hydrogen-bond donors (Lipinski definition) is 1. The van der Waals surface area contributed by atoms with Crippen LogP contribution in [0.1, 0.15) is 11.1 Å². The highest BCUT2D eigenvalue weighted by atomic mass is 32.2. The monoisotopic (exact) mass is 352 g/mol. The maximum atomic E-state index is 12.7. The van der Waals surface area contributed by atoms with Crippen molar-refractivity contribution in [3.05, 3.63) is 35.4 Å². The molecule has 2 rings (SSSR count). The Hall–Kier alpha value is -1.65. The minimum atomic E-state index is -4.56. The molecule has 1 amide bonds. The third-order valence-electron chi connectivity index (χ3n) is 3.14. The molecule has 1 unspecified atom stereocenters. The van der Waals surface area contributed by atoms with E-state index in [-0.39, 0.29) is 18.2 Å². The van der Waals surface area contributed by atoms with Crippen molar-refractivity contribution in [2.24, 2.45) is 5.73 Å². The summed E-state index contributed by atoms with van der Waals surface area (Å²) < 4.78 is 68.5. The summed E-state index contributed by atoms with van der Waals surface area (Å²) in [6, 6.07) is 4.04. The predicted molar refractivity (Wildman–Crippen MR) is 74.6 cm³/mol. The quantitative estimate of drug-likeness (QED) is 0.732. The van der Waals surface area contributed by atoms with Gasteiger partial charge in [-0.25, -0.2) is 8.42 Å². The maximum Gasteiger partial charge on any atom is 0.416 e. The first-order chi connectivity index (χ1) is 10.6. The molecule has 1 heterocycles. The molecule has 10 heteroatoms. The van der Waals surface area contributed by atoms with Crippen LogP contribution in [0, 0.1) is 0 Å². The Balaban J connectivity index is 2.19. The smallest absolute Gasteiger partial charge is 0.372 e. The highest BCUT2D eigenvalue weighted by Crippen LogP contribution is 2.30. The van der Waals surface area contributed by atoms with Gasteiger partial charge in [-0.05, 0) is 11.6 Å². The van der Waals surface area contributed by atoms with Crippen molar-refractivity contribution in [2.75, 3.05) is 19.7 Å². The Labute approximate surface area is 131 Å². The third-order valence-corrected chi connectivity index (χ3v) is 4.90. The van der Waals surface area contributed by atoms with Gasteiger partial charge in [0, 0.05) is 6.54 Å². The van der Waals surface area contributed by atoms with Gasteiger partial charge in [0.15, 0.2) is 0 Å². The molecular weight excluding hydrogens is 337 g/mol. The van der Waals surface area contributed by atoms with Gasteiger partial charge in [0.25, 0.3) is 0 Å². The Morgan fingerprint density at radius 3 is 2.57 bits per heavy atom. The molecule has 0 bridgehead atoms. The SMILES string of the molecule is NC(=O)CN(CC1CO1)S(=O)(=O)Cc1cccc(C(F)(F)F)c1. The van der Waals surface area contributed by atoms with Crippen molar-refractivity contribution < 1.29 is 31.1 Å². The van der Waals surface area contributed by atoms with Crippen LogP contribution in [0.5, 0.6) is 0 Å². The molecule has 0 aromatic heterocycles. The van der Waals surface area contributed by atoms with Gasteiger partial charge in [0.05, 0.1) is 30.6 Å². The molecule has 1 aliphatic heterocycles. The molecule has 0 spiro atoms. The van der Waals surface area contributed by atoms with Crippen LogP contribution in [0.2, 0.25) is 0 Å². The topological polar surface area (TPSA) is 93.0 Å². The lowest BCUT2D eigenvalue weighted by Gasteiger charge is -2.20. The minimum Gasteiger partial charge on any atom is -0.372 e. The van der Waals surface area contributed by atoms with E-state index in [0.717, 1.165) is 22.5 Å². The van der Waals surface area contributed by atoms with E-state index in [2.05, 4.69) is 0 Å². The highest BCUT2D eigenvalue weighted by molar-refractivity contribution is 7.88. The number of halogens is 3. The third kappa shape index (κ3) is 5.19. The van der Waals surface area contributed by atoms with Gasteiger partial charge >= 0.3 is 6.18 Å². The molecule has 1 fully saturated rings. The second-order valence-electron chi connectivity index (χ2n) is 5.17. The van der Waals surface area contributed by atoms with Crippen LogP contribution in [-0.2, 0) is 31.5 Å². The summed E-state index contributed by atoms with van der Waals surface area (Å²) in [7, 11) is -4.00. The molecule has 0 saturated carbocycles. The van der Waals surface area contributed by atoms with Crippen LogP contribution in [0.25, 0.3) is 0 Å². The Morgan fingerprint density at radius 2 is 2.04 bits per heavy atom. The van der Waals surface area contributed by atoms with Crippen LogP contribution in [0.4, 0.5) is 13.2 Å². The van der Waals surface area contributed by atoms with Gasteiger partial charge < -0.3 is 10.5 Å². The summed E-state index contributed by atoms with van der Waals surface area (Å²) in [5.41, 5.74) is 4.07. The summed E-state index contributed by atoms with van der Waals surface area (Å²) in [5, 5.41) is 0. The predicted octanol–water partition coefficient (Wildman–Crippen LogP) is 0.721. The lowest BCUT2D eigenvalue weighted by atomic mass is 10.1. The molecule has 0 radical (unpaired) electrons. The number of alkyl halides is 3. The number of sulfonamides is 1. The fraction of sp³-hybridized carbons (Fsp3) is 0.462. The van der Waals surface area contributed by atoms with Crippen molar-refractivity contribution in [1.82, 2.24) is 4.31 Å². The molecule has 0 aliphatic carbocycles. The molecule has 1 aromatic carbocycles. The van der Waals surface area contributed by atoms with E-state index >= 15 is 0 Å². The minimum absolute atomic E-state index is 0.0222. The molecule has 2 N–H and O–H groups in total. The number of primary amides is 1. The lowest BCUT2D eigenvalue weighted by Crippen LogP contribution is -2.41.